The van der Waals surface area contributed by atoms with Crippen LogP contribution in [0.25, 0.3) is 0 Å². The normalized spacial score (nSPS) is 25.4. The van der Waals surface area contributed by atoms with E-state index >= 15 is 0 Å². The van der Waals surface area contributed by atoms with E-state index < -0.39 is 0 Å². The van der Waals surface area contributed by atoms with E-state index in [1.54, 1.807) is 0 Å². The predicted octanol–water partition coefficient (Wildman–Crippen LogP) is 1.28. The van der Waals surface area contributed by atoms with Gasteiger partial charge in [0.2, 0.25) is 0 Å². The molecular weight excluding hydrogens is 242 g/mol. The van der Waals surface area contributed by atoms with Crippen LogP contribution >= 0.6 is 0 Å². The summed E-state index contributed by atoms with van der Waals surface area (Å²) < 4.78 is 11.1. The van der Waals surface area contributed by atoms with Gasteiger partial charge in [-0.3, -0.25) is 4.90 Å². The van der Waals surface area contributed by atoms with E-state index in [9.17, 15) is 5.11 Å². The third-order valence-electron chi connectivity index (χ3n) is 3.99. The predicted molar refractivity (Wildman–Crippen MR) is 72.1 cm³/mol. The lowest BCUT2D eigenvalue weighted by molar-refractivity contribution is 0.0519. The molecule has 1 saturated heterocycles. The van der Waals surface area contributed by atoms with Crippen LogP contribution in [-0.4, -0.2) is 49.0 Å². The van der Waals surface area contributed by atoms with Gasteiger partial charge in [0.25, 0.3) is 0 Å². The summed E-state index contributed by atoms with van der Waals surface area (Å²) in [6.07, 6.45) is 0.676. The highest BCUT2D eigenvalue weighted by molar-refractivity contribution is 5.33. The van der Waals surface area contributed by atoms with Crippen LogP contribution in [0.15, 0.2) is 24.3 Å². The Morgan fingerprint density at radius 1 is 1.32 bits per heavy atom. The number of aliphatic hydroxyl groups excluding tert-OH is 1. The molecule has 0 bridgehead atoms. The molecule has 0 amide bonds. The van der Waals surface area contributed by atoms with Crippen molar-refractivity contribution in [3.63, 3.8) is 0 Å². The largest absolute Gasteiger partial charge is 0.492 e. The molecule has 2 heterocycles. The molecule has 2 unspecified atom stereocenters. The summed E-state index contributed by atoms with van der Waals surface area (Å²) in [5, 5.41) is 10.3. The van der Waals surface area contributed by atoms with E-state index in [4.69, 9.17) is 9.47 Å². The molecule has 0 spiro atoms. The first-order valence-electron chi connectivity index (χ1n) is 7.02. The van der Waals surface area contributed by atoms with E-state index in [2.05, 4.69) is 11.0 Å². The van der Waals surface area contributed by atoms with Crippen molar-refractivity contribution in [2.75, 3.05) is 32.9 Å². The smallest absolute Gasteiger partial charge is 0.123 e. The van der Waals surface area contributed by atoms with Gasteiger partial charge in [-0.05, 0) is 12.5 Å². The molecule has 104 valence electrons. The minimum Gasteiger partial charge on any atom is -0.492 e. The fraction of sp³-hybridized carbons (Fsp3) is 0.600. The van der Waals surface area contributed by atoms with Crippen LogP contribution < -0.4 is 4.74 Å². The lowest BCUT2D eigenvalue weighted by Gasteiger charge is -2.25. The molecule has 4 nitrogen and oxygen atoms in total. The Morgan fingerprint density at radius 2 is 2.21 bits per heavy atom. The van der Waals surface area contributed by atoms with Crippen molar-refractivity contribution in [3.05, 3.63) is 29.8 Å². The maximum Gasteiger partial charge on any atom is 0.123 e. The average Bonchev–Trinajstić information content (AvgIpc) is 2.87. The van der Waals surface area contributed by atoms with Crippen molar-refractivity contribution < 1.29 is 14.6 Å². The summed E-state index contributed by atoms with van der Waals surface area (Å²) >= 11 is 0. The van der Waals surface area contributed by atoms with Gasteiger partial charge in [-0.1, -0.05) is 18.2 Å². The highest BCUT2D eigenvalue weighted by Gasteiger charge is 2.26. The third kappa shape index (κ3) is 3.08. The molecule has 1 aromatic rings. The molecule has 0 saturated carbocycles. The second-order valence-corrected chi connectivity index (χ2v) is 5.38. The highest BCUT2D eigenvalue weighted by Crippen LogP contribution is 2.24. The van der Waals surface area contributed by atoms with Crippen molar-refractivity contribution >= 4 is 0 Å². The van der Waals surface area contributed by atoms with E-state index in [0.29, 0.717) is 25.7 Å². The Hall–Kier alpha value is -1.10. The Bertz CT molecular complexity index is 418. The molecular formula is C15H21NO3. The van der Waals surface area contributed by atoms with Crippen LogP contribution in [0.1, 0.15) is 12.0 Å². The zero-order valence-corrected chi connectivity index (χ0v) is 11.1. The lowest BCUT2D eigenvalue weighted by Crippen LogP contribution is -2.37. The second kappa shape index (κ2) is 5.90. The van der Waals surface area contributed by atoms with Crippen molar-refractivity contribution in [1.29, 1.82) is 0 Å². The van der Waals surface area contributed by atoms with Crippen LogP contribution in [0.4, 0.5) is 0 Å². The maximum absolute atomic E-state index is 10.3. The number of para-hydroxylation sites is 1. The highest BCUT2D eigenvalue weighted by atomic mass is 16.5. The van der Waals surface area contributed by atoms with Gasteiger partial charge in [0.1, 0.15) is 12.4 Å². The molecule has 0 aromatic heterocycles. The fourth-order valence-electron chi connectivity index (χ4n) is 2.81. The first kappa shape index (κ1) is 12.9. The summed E-state index contributed by atoms with van der Waals surface area (Å²) in [5.74, 6) is 1.27. The summed E-state index contributed by atoms with van der Waals surface area (Å²) in [4.78, 5) is 2.27. The van der Waals surface area contributed by atoms with Gasteiger partial charge < -0.3 is 14.6 Å². The number of nitrogens with zero attached hydrogens (tertiary/aromatic N) is 1. The molecule has 2 aliphatic rings. The minimum atomic E-state index is -0.298. The summed E-state index contributed by atoms with van der Waals surface area (Å²) in [7, 11) is 0. The van der Waals surface area contributed by atoms with Crippen LogP contribution in [0.3, 0.4) is 0 Å². The van der Waals surface area contributed by atoms with Gasteiger partial charge in [-0.25, -0.2) is 0 Å². The van der Waals surface area contributed by atoms with Crippen molar-refractivity contribution in [3.8, 4) is 5.75 Å². The van der Waals surface area contributed by atoms with E-state index in [1.807, 2.05) is 18.2 Å². The first-order chi connectivity index (χ1) is 9.33. The van der Waals surface area contributed by atoms with Gasteiger partial charge in [-0.15, -0.1) is 0 Å². The van der Waals surface area contributed by atoms with Crippen molar-refractivity contribution in [2.45, 2.75) is 19.1 Å². The number of aliphatic hydroxyl groups is 1. The molecule has 2 aliphatic heterocycles. The van der Waals surface area contributed by atoms with Gasteiger partial charge in [0.05, 0.1) is 12.7 Å². The van der Waals surface area contributed by atoms with Gasteiger partial charge in [-0.2, -0.15) is 0 Å². The number of β-amino-alcohol motifs (C(OH)–C–C–N with tert-alkyl or cyclic N) is 1. The quantitative estimate of drug-likeness (QED) is 0.892. The molecule has 2 atom stereocenters. The van der Waals surface area contributed by atoms with Crippen LogP contribution in [0.2, 0.25) is 0 Å². The van der Waals surface area contributed by atoms with E-state index in [0.717, 1.165) is 31.9 Å². The molecule has 3 rings (SSSR count). The Kier molecular flexibility index (Phi) is 4.01. The molecule has 1 fully saturated rings. The topological polar surface area (TPSA) is 41.9 Å². The molecule has 0 radical (unpaired) electrons. The van der Waals surface area contributed by atoms with Crippen LogP contribution in [0.5, 0.6) is 5.75 Å². The summed E-state index contributed by atoms with van der Waals surface area (Å²) in [5.41, 5.74) is 1.20. The van der Waals surface area contributed by atoms with Gasteiger partial charge in [0.15, 0.2) is 0 Å². The van der Waals surface area contributed by atoms with Crippen molar-refractivity contribution in [2.24, 2.45) is 5.92 Å². The summed E-state index contributed by atoms with van der Waals surface area (Å²) in [6.45, 7) is 4.58. The van der Waals surface area contributed by atoms with Crippen LogP contribution in [0, 0.1) is 5.92 Å². The molecule has 4 heteroatoms. The first-order valence-corrected chi connectivity index (χ1v) is 7.02. The molecule has 1 N–H and O–H groups in total. The average molecular weight is 263 g/mol. The van der Waals surface area contributed by atoms with Crippen LogP contribution in [-0.2, 0) is 11.3 Å². The van der Waals surface area contributed by atoms with E-state index in [-0.39, 0.29) is 6.10 Å². The zero-order chi connectivity index (χ0) is 13.1. The number of hydrogen-bond donors (Lipinski definition) is 1. The second-order valence-electron chi connectivity index (χ2n) is 5.38. The fourth-order valence-corrected chi connectivity index (χ4v) is 2.81. The number of rotatable bonds is 3. The van der Waals surface area contributed by atoms with E-state index in [1.165, 1.54) is 5.56 Å². The summed E-state index contributed by atoms with van der Waals surface area (Å²) in [6, 6.07) is 8.14. The van der Waals surface area contributed by atoms with Gasteiger partial charge >= 0.3 is 0 Å². The Labute approximate surface area is 113 Å². The lowest BCUT2D eigenvalue weighted by atomic mass is 10.0. The SMILES string of the molecule is OC(CN1CCOc2ccccc2C1)C1CCOC1. The molecule has 0 aliphatic carbocycles. The molecule has 19 heavy (non-hydrogen) atoms. The minimum absolute atomic E-state index is 0.291. The number of hydrogen-bond acceptors (Lipinski definition) is 4. The standard InChI is InChI=1S/C15H21NO3/c17-14(13-5-7-18-11-13)10-16-6-8-19-15-4-2-1-3-12(15)9-16/h1-4,13-14,17H,5-11H2. The third-order valence-corrected chi connectivity index (χ3v) is 3.99. The number of benzene rings is 1. The number of ether oxygens (including phenoxy) is 2. The van der Waals surface area contributed by atoms with Gasteiger partial charge in [0, 0.05) is 37.7 Å². The zero-order valence-electron chi connectivity index (χ0n) is 11.1. The van der Waals surface area contributed by atoms with Crippen molar-refractivity contribution in [1.82, 2.24) is 4.90 Å². The monoisotopic (exact) mass is 263 g/mol. The number of fused-ring (bicyclic) bond motifs is 1. The Morgan fingerprint density at radius 3 is 3.05 bits per heavy atom. The Balaban J connectivity index is 1.62. The molecule has 1 aromatic carbocycles. The maximum atomic E-state index is 10.3.